The van der Waals surface area contributed by atoms with E-state index in [9.17, 15) is 5.11 Å². The lowest BCUT2D eigenvalue weighted by Crippen LogP contribution is -2.48. The van der Waals surface area contributed by atoms with Gasteiger partial charge in [0.1, 0.15) is 0 Å². The molecule has 0 heterocycles. The fraction of sp³-hybridized carbons (Fsp3) is 1.00. The first-order valence-electron chi connectivity index (χ1n) is 7.75. The van der Waals surface area contributed by atoms with Crippen molar-refractivity contribution in [3.63, 3.8) is 0 Å². The van der Waals surface area contributed by atoms with Crippen molar-refractivity contribution < 1.29 is 5.11 Å². The van der Waals surface area contributed by atoms with Gasteiger partial charge in [-0.05, 0) is 58.0 Å². The van der Waals surface area contributed by atoms with Gasteiger partial charge in [-0.15, -0.1) is 0 Å². The minimum Gasteiger partial charge on any atom is -0.394 e. The predicted octanol–water partition coefficient (Wildman–Crippen LogP) is 2.00. The zero-order valence-corrected chi connectivity index (χ0v) is 12.1. The van der Waals surface area contributed by atoms with Gasteiger partial charge < -0.3 is 15.3 Å². The summed E-state index contributed by atoms with van der Waals surface area (Å²) in [6.07, 6.45) is 8.91. The summed E-state index contributed by atoms with van der Waals surface area (Å²) in [7, 11) is 2.27. The highest BCUT2D eigenvalue weighted by atomic mass is 16.3. The van der Waals surface area contributed by atoms with Crippen molar-refractivity contribution in [1.82, 2.24) is 10.2 Å². The second-order valence-corrected chi connectivity index (χ2v) is 6.50. The van der Waals surface area contributed by atoms with Crippen molar-refractivity contribution in [3.05, 3.63) is 0 Å². The van der Waals surface area contributed by atoms with Gasteiger partial charge in [0.05, 0.1) is 6.61 Å². The first-order valence-corrected chi connectivity index (χ1v) is 7.75. The summed E-state index contributed by atoms with van der Waals surface area (Å²) in [6.45, 7) is 4.77. The van der Waals surface area contributed by atoms with E-state index in [-0.39, 0.29) is 5.54 Å². The molecule has 0 aromatic rings. The summed E-state index contributed by atoms with van der Waals surface area (Å²) < 4.78 is 0. The maximum absolute atomic E-state index is 9.70. The largest absolute Gasteiger partial charge is 0.394 e. The highest BCUT2D eigenvalue weighted by Gasteiger charge is 2.40. The fourth-order valence-electron chi connectivity index (χ4n) is 3.46. The second-order valence-electron chi connectivity index (χ2n) is 6.50. The molecule has 18 heavy (non-hydrogen) atoms. The van der Waals surface area contributed by atoms with Crippen LogP contribution in [0.4, 0.5) is 0 Å². The minimum absolute atomic E-state index is 0.00848. The van der Waals surface area contributed by atoms with Crippen molar-refractivity contribution in [1.29, 1.82) is 0 Å². The summed E-state index contributed by atoms with van der Waals surface area (Å²) in [6, 6.07) is 0.669. The van der Waals surface area contributed by atoms with Crippen LogP contribution in [0.15, 0.2) is 0 Å². The maximum Gasteiger partial charge on any atom is 0.0613 e. The average Bonchev–Trinajstić information content (AvgIpc) is 2.76. The van der Waals surface area contributed by atoms with Crippen LogP contribution < -0.4 is 5.32 Å². The van der Waals surface area contributed by atoms with Crippen LogP contribution in [0.25, 0.3) is 0 Å². The molecule has 2 N–H and O–H groups in total. The third kappa shape index (κ3) is 3.25. The van der Waals surface area contributed by atoms with E-state index in [1.54, 1.807) is 0 Å². The third-order valence-corrected chi connectivity index (χ3v) is 5.03. The van der Waals surface area contributed by atoms with Crippen LogP contribution >= 0.6 is 0 Å². The van der Waals surface area contributed by atoms with Gasteiger partial charge in [-0.25, -0.2) is 0 Å². The SMILES string of the molecule is CCCNC1(CO)CCC(N(C)CC2CCC2)C1. The molecule has 2 atom stereocenters. The number of hydrogen-bond acceptors (Lipinski definition) is 3. The molecule has 0 bridgehead atoms. The zero-order chi connectivity index (χ0) is 13.0. The Morgan fingerprint density at radius 2 is 2.11 bits per heavy atom. The molecule has 106 valence electrons. The second kappa shape index (κ2) is 6.36. The molecule has 0 saturated heterocycles. The van der Waals surface area contributed by atoms with Crippen molar-refractivity contribution >= 4 is 0 Å². The summed E-state index contributed by atoms with van der Waals surface area (Å²) in [4.78, 5) is 2.55. The van der Waals surface area contributed by atoms with E-state index in [2.05, 4.69) is 24.2 Å². The molecule has 3 nitrogen and oxygen atoms in total. The van der Waals surface area contributed by atoms with Gasteiger partial charge in [-0.3, -0.25) is 0 Å². The molecule has 0 radical (unpaired) electrons. The van der Waals surface area contributed by atoms with Crippen molar-refractivity contribution in [2.75, 3.05) is 26.7 Å². The molecule has 2 fully saturated rings. The third-order valence-electron chi connectivity index (χ3n) is 5.03. The van der Waals surface area contributed by atoms with Gasteiger partial charge in [-0.1, -0.05) is 13.3 Å². The zero-order valence-electron chi connectivity index (χ0n) is 12.1. The van der Waals surface area contributed by atoms with Crippen LogP contribution in [0.1, 0.15) is 51.9 Å². The predicted molar refractivity (Wildman–Crippen MR) is 75.7 cm³/mol. The number of aliphatic hydroxyl groups excluding tert-OH is 1. The number of hydrogen-bond donors (Lipinski definition) is 2. The summed E-state index contributed by atoms with van der Waals surface area (Å²) in [5.74, 6) is 0.947. The Kier molecular flexibility index (Phi) is 5.05. The van der Waals surface area contributed by atoms with Crippen LogP contribution in [0.2, 0.25) is 0 Å². The van der Waals surface area contributed by atoms with Gasteiger partial charge in [-0.2, -0.15) is 0 Å². The molecule has 2 saturated carbocycles. The topological polar surface area (TPSA) is 35.5 Å². The maximum atomic E-state index is 9.70. The Balaban J connectivity index is 1.80. The molecule has 2 rings (SSSR count). The fourth-order valence-corrected chi connectivity index (χ4v) is 3.46. The molecular formula is C15H30N2O. The average molecular weight is 254 g/mol. The van der Waals surface area contributed by atoms with Crippen LogP contribution in [0.3, 0.4) is 0 Å². The molecule has 0 aliphatic heterocycles. The Morgan fingerprint density at radius 1 is 1.33 bits per heavy atom. The van der Waals surface area contributed by atoms with E-state index < -0.39 is 0 Å². The lowest BCUT2D eigenvalue weighted by Gasteiger charge is -2.35. The quantitative estimate of drug-likeness (QED) is 0.729. The van der Waals surface area contributed by atoms with Crippen LogP contribution in [0, 0.1) is 5.92 Å². The van der Waals surface area contributed by atoms with Crippen LogP contribution in [-0.2, 0) is 0 Å². The molecule has 0 aromatic carbocycles. The van der Waals surface area contributed by atoms with E-state index in [0.29, 0.717) is 12.6 Å². The molecule has 2 aliphatic carbocycles. The highest BCUT2D eigenvalue weighted by molar-refractivity contribution is 4.99. The van der Waals surface area contributed by atoms with Crippen LogP contribution in [-0.4, -0.2) is 48.3 Å². The van der Waals surface area contributed by atoms with E-state index in [0.717, 1.165) is 31.7 Å². The van der Waals surface area contributed by atoms with Crippen molar-refractivity contribution in [2.24, 2.45) is 5.92 Å². The van der Waals surface area contributed by atoms with Crippen LogP contribution in [0.5, 0.6) is 0 Å². The standard InChI is InChI=1S/C15H30N2O/c1-3-9-16-15(12-18)8-7-14(10-15)17(2)11-13-5-4-6-13/h13-14,16,18H,3-12H2,1-2H3. The number of nitrogens with one attached hydrogen (secondary N) is 1. The van der Waals surface area contributed by atoms with Crippen molar-refractivity contribution in [3.8, 4) is 0 Å². The first kappa shape index (κ1) is 14.3. The van der Waals surface area contributed by atoms with E-state index in [4.69, 9.17) is 0 Å². The molecule has 2 aliphatic rings. The molecule has 0 aromatic heterocycles. The van der Waals surface area contributed by atoms with Gasteiger partial charge in [0.15, 0.2) is 0 Å². The minimum atomic E-state index is 0.00848. The molecule has 0 spiro atoms. The van der Waals surface area contributed by atoms with Gasteiger partial charge in [0.25, 0.3) is 0 Å². The van der Waals surface area contributed by atoms with E-state index in [1.807, 2.05) is 0 Å². The molecule has 2 unspecified atom stereocenters. The lowest BCUT2D eigenvalue weighted by molar-refractivity contribution is 0.134. The number of nitrogens with zero attached hydrogens (tertiary/aromatic N) is 1. The number of rotatable bonds is 7. The van der Waals surface area contributed by atoms with Gasteiger partial charge in [0, 0.05) is 18.1 Å². The first-order chi connectivity index (χ1) is 8.69. The summed E-state index contributed by atoms with van der Waals surface area (Å²) in [5, 5.41) is 13.3. The Morgan fingerprint density at radius 3 is 2.67 bits per heavy atom. The molecule has 3 heteroatoms. The Labute approximate surface area is 112 Å². The number of aliphatic hydroxyl groups is 1. The van der Waals surface area contributed by atoms with Crippen molar-refractivity contribution in [2.45, 2.75) is 63.5 Å². The van der Waals surface area contributed by atoms with Gasteiger partial charge in [0.2, 0.25) is 0 Å². The summed E-state index contributed by atoms with van der Waals surface area (Å²) >= 11 is 0. The summed E-state index contributed by atoms with van der Waals surface area (Å²) in [5.41, 5.74) is 0.00848. The monoisotopic (exact) mass is 254 g/mol. The Hall–Kier alpha value is -0.120. The lowest BCUT2D eigenvalue weighted by atomic mass is 9.85. The Bertz CT molecular complexity index is 255. The highest BCUT2D eigenvalue weighted by Crippen LogP contribution is 2.34. The molecule has 0 amide bonds. The normalized spacial score (nSPS) is 33.0. The van der Waals surface area contributed by atoms with Gasteiger partial charge >= 0.3 is 0 Å². The smallest absolute Gasteiger partial charge is 0.0613 e. The van der Waals surface area contributed by atoms with E-state index >= 15 is 0 Å². The van der Waals surface area contributed by atoms with E-state index in [1.165, 1.54) is 32.2 Å². The molecular weight excluding hydrogens is 224 g/mol.